The third kappa shape index (κ3) is 6.35. The van der Waals surface area contributed by atoms with Crippen molar-refractivity contribution in [1.29, 1.82) is 0 Å². The summed E-state index contributed by atoms with van der Waals surface area (Å²) in [6.45, 7) is 6.91. The molecule has 0 atom stereocenters. The van der Waals surface area contributed by atoms with Gasteiger partial charge in [-0.2, -0.15) is 0 Å². The molecule has 0 saturated heterocycles. The first-order valence-electron chi connectivity index (χ1n) is 6.87. The SMILES string of the molecule is [CH2]CCCCc1ccc(OCCCCC)cc1. The smallest absolute Gasteiger partial charge is 0.119 e. The largest absolute Gasteiger partial charge is 0.494 e. The normalized spacial score (nSPS) is 10.5. The summed E-state index contributed by atoms with van der Waals surface area (Å²) in [4.78, 5) is 0. The Balaban J connectivity index is 2.24. The fourth-order valence-electron chi connectivity index (χ4n) is 1.80. The number of ether oxygens (including phenoxy) is 1. The molecular weight excluding hydrogens is 208 g/mol. The number of hydrogen-bond donors (Lipinski definition) is 0. The molecule has 0 saturated carbocycles. The highest BCUT2D eigenvalue weighted by Crippen LogP contribution is 2.14. The van der Waals surface area contributed by atoms with Gasteiger partial charge >= 0.3 is 0 Å². The van der Waals surface area contributed by atoms with Gasteiger partial charge in [-0.1, -0.05) is 51.7 Å². The Hall–Kier alpha value is -0.980. The second kappa shape index (κ2) is 9.09. The Morgan fingerprint density at radius 3 is 2.41 bits per heavy atom. The van der Waals surface area contributed by atoms with Gasteiger partial charge in [-0.15, -0.1) is 0 Å². The van der Waals surface area contributed by atoms with Crippen LogP contribution in [-0.4, -0.2) is 6.61 Å². The van der Waals surface area contributed by atoms with Gasteiger partial charge in [0.1, 0.15) is 5.75 Å². The molecule has 0 unspecified atom stereocenters. The number of aryl methyl sites for hydroxylation is 1. The average Bonchev–Trinajstić information content (AvgIpc) is 2.37. The highest BCUT2D eigenvalue weighted by Gasteiger charge is 1.96. The molecule has 0 aliphatic carbocycles. The van der Waals surface area contributed by atoms with Crippen LogP contribution in [0.25, 0.3) is 0 Å². The van der Waals surface area contributed by atoms with Gasteiger partial charge < -0.3 is 4.74 Å². The van der Waals surface area contributed by atoms with Crippen molar-refractivity contribution in [3.05, 3.63) is 36.8 Å². The van der Waals surface area contributed by atoms with Crippen molar-refractivity contribution in [2.75, 3.05) is 6.61 Å². The van der Waals surface area contributed by atoms with Gasteiger partial charge in [-0.25, -0.2) is 0 Å². The molecule has 1 heteroatoms. The Morgan fingerprint density at radius 2 is 1.76 bits per heavy atom. The topological polar surface area (TPSA) is 9.23 Å². The molecule has 0 fully saturated rings. The van der Waals surface area contributed by atoms with E-state index in [2.05, 4.69) is 38.1 Å². The van der Waals surface area contributed by atoms with E-state index < -0.39 is 0 Å². The predicted octanol–water partition coefficient (Wildman–Crippen LogP) is 4.80. The second-order valence-corrected chi connectivity index (χ2v) is 4.51. The van der Waals surface area contributed by atoms with E-state index in [-0.39, 0.29) is 0 Å². The van der Waals surface area contributed by atoms with Crippen LogP contribution in [0.5, 0.6) is 5.75 Å². The minimum absolute atomic E-state index is 0.842. The number of rotatable bonds is 9. The van der Waals surface area contributed by atoms with Crippen LogP contribution in [0.2, 0.25) is 0 Å². The molecule has 0 spiro atoms. The lowest BCUT2D eigenvalue weighted by Crippen LogP contribution is -1.97. The van der Waals surface area contributed by atoms with E-state index in [1.807, 2.05) is 0 Å². The van der Waals surface area contributed by atoms with Crippen LogP contribution in [0.4, 0.5) is 0 Å². The molecule has 1 rings (SSSR count). The van der Waals surface area contributed by atoms with Crippen LogP contribution in [0.3, 0.4) is 0 Å². The zero-order chi connectivity index (χ0) is 12.3. The zero-order valence-electron chi connectivity index (χ0n) is 11.1. The van der Waals surface area contributed by atoms with E-state index >= 15 is 0 Å². The predicted molar refractivity (Wildman–Crippen MR) is 74.4 cm³/mol. The molecule has 1 radical (unpaired) electrons. The molecule has 0 N–H and O–H groups in total. The van der Waals surface area contributed by atoms with Crippen molar-refractivity contribution < 1.29 is 4.74 Å². The maximum absolute atomic E-state index is 5.68. The summed E-state index contributed by atoms with van der Waals surface area (Å²) in [5.41, 5.74) is 1.40. The number of unbranched alkanes of at least 4 members (excludes halogenated alkanes) is 4. The maximum Gasteiger partial charge on any atom is 0.119 e. The molecule has 1 nitrogen and oxygen atoms in total. The third-order valence-corrected chi connectivity index (χ3v) is 2.91. The van der Waals surface area contributed by atoms with E-state index in [1.165, 1.54) is 31.2 Å². The van der Waals surface area contributed by atoms with Gasteiger partial charge in [-0.05, 0) is 37.0 Å². The first-order valence-corrected chi connectivity index (χ1v) is 6.87. The molecule has 0 aliphatic rings. The van der Waals surface area contributed by atoms with Gasteiger partial charge in [0.2, 0.25) is 0 Å². The molecular formula is C16H25O. The quantitative estimate of drug-likeness (QED) is 0.556. The average molecular weight is 233 g/mol. The molecule has 1 aromatic carbocycles. The fourth-order valence-corrected chi connectivity index (χ4v) is 1.80. The zero-order valence-corrected chi connectivity index (χ0v) is 11.1. The molecule has 0 bridgehead atoms. The highest BCUT2D eigenvalue weighted by molar-refractivity contribution is 5.27. The monoisotopic (exact) mass is 233 g/mol. The molecule has 17 heavy (non-hydrogen) atoms. The van der Waals surface area contributed by atoms with Crippen LogP contribution in [0, 0.1) is 6.92 Å². The van der Waals surface area contributed by atoms with Crippen LogP contribution >= 0.6 is 0 Å². The van der Waals surface area contributed by atoms with Crippen molar-refractivity contribution in [1.82, 2.24) is 0 Å². The lowest BCUT2D eigenvalue weighted by Gasteiger charge is -2.06. The van der Waals surface area contributed by atoms with Crippen molar-refractivity contribution in [2.24, 2.45) is 0 Å². The summed E-state index contributed by atoms with van der Waals surface area (Å²) < 4.78 is 5.68. The lowest BCUT2D eigenvalue weighted by atomic mass is 10.1. The lowest BCUT2D eigenvalue weighted by molar-refractivity contribution is 0.306. The highest BCUT2D eigenvalue weighted by atomic mass is 16.5. The van der Waals surface area contributed by atoms with Gasteiger partial charge in [-0.3, -0.25) is 0 Å². The molecule has 1 aromatic rings. The van der Waals surface area contributed by atoms with Gasteiger partial charge in [0.15, 0.2) is 0 Å². The van der Waals surface area contributed by atoms with E-state index in [0.717, 1.165) is 31.6 Å². The van der Waals surface area contributed by atoms with Crippen LogP contribution in [0.1, 0.15) is 51.0 Å². The summed E-state index contributed by atoms with van der Waals surface area (Å²) in [6, 6.07) is 8.54. The molecule has 0 aliphatic heterocycles. The molecule has 95 valence electrons. The molecule has 0 heterocycles. The standard InChI is InChI=1S/C16H25O/c1-3-5-7-9-15-10-12-16(13-11-15)17-14-8-6-4-2/h10-13H,1,3-9,14H2,2H3. The van der Waals surface area contributed by atoms with Gasteiger partial charge in [0, 0.05) is 0 Å². The first-order chi connectivity index (χ1) is 8.36. The van der Waals surface area contributed by atoms with E-state index in [1.54, 1.807) is 0 Å². The van der Waals surface area contributed by atoms with E-state index in [4.69, 9.17) is 4.74 Å². The number of hydrogen-bond acceptors (Lipinski definition) is 1. The van der Waals surface area contributed by atoms with Crippen molar-refractivity contribution in [2.45, 2.75) is 51.9 Å². The fraction of sp³-hybridized carbons (Fsp3) is 0.562. The Bertz CT molecular complexity index is 276. The minimum Gasteiger partial charge on any atom is -0.494 e. The minimum atomic E-state index is 0.842. The summed E-state index contributed by atoms with van der Waals surface area (Å²) in [5.74, 6) is 1.00. The Kier molecular flexibility index (Phi) is 7.53. The Labute approximate surface area is 106 Å². The molecule has 0 amide bonds. The summed E-state index contributed by atoms with van der Waals surface area (Å²) in [7, 11) is 0. The van der Waals surface area contributed by atoms with Gasteiger partial charge in [0.05, 0.1) is 6.61 Å². The van der Waals surface area contributed by atoms with Crippen LogP contribution in [-0.2, 0) is 6.42 Å². The van der Waals surface area contributed by atoms with Crippen LogP contribution < -0.4 is 4.74 Å². The van der Waals surface area contributed by atoms with Crippen molar-refractivity contribution >= 4 is 0 Å². The summed E-state index contributed by atoms with van der Waals surface area (Å²) in [6.07, 6.45) is 8.30. The number of benzene rings is 1. The van der Waals surface area contributed by atoms with E-state index in [9.17, 15) is 0 Å². The van der Waals surface area contributed by atoms with Crippen molar-refractivity contribution in [3.8, 4) is 5.75 Å². The summed E-state index contributed by atoms with van der Waals surface area (Å²) in [5, 5.41) is 0. The third-order valence-electron chi connectivity index (χ3n) is 2.91. The second-order valence-electron chi connectivity index (χ2n) is 4.51. The first kappa shape index (κ1) is 14.1. The molecule has 0 aromatic heterocycles. The van der Waals surface area contributed by atoms with Crippen LogP contribution in [0.15, 0.2) is 24.3 Å². The maximum atomic E-state index is 5.68. The van der Waals surface area contributed by atoms with Gasteiger partial charge in [0.25, 0.3) is 0 Å². The van der Waals surface area contributed by atoms with Crippen molar-refractivity contribution in [3.63, 3.8) is 0 Å². The summed E-state index contributed by atoms with van der Waals surface area (Å²) >= 11 is 0. The Morgan fingerprint density at radius 1 is 1.00 bits per heavy atom. The van der Waals surface area contributed by atoms with E-state index in [0.29, 0.717) is 0 Å².